The Morgan fingerprint density at radius 2 is 0.846 bits per heavy atom. The third kappa shape index (κ3) is 29.7. The largest absolute Gasteiger partial charge is 0.466 e. The number of unbranched alkanes of at least 4 members (excludes halogenated alkanes) is 20. The zero-order valence-corrected chi connectivity index (χ0v) is 26.7. The molecule has 0 aromatic heterocycles. The summed E-state index contributed by atoms with van der Waals surface area (Å²) in [4.78, 5) is 24.0. The highest BCUT2D eigenvalue weighted by atomic mass is 16.5. The Hall–Kier alpha value is -1.06. The van der Waals surface area contributed by atoms with Crippen LogP contribution in [-0.2, 0) is 19.1 Å². The lowest BCUT2D eigenvalue weighted by molar-refractivity contribution is -0.150. The van der Waals surface area contributed by atoms with Gasteiger partial charge in [-0.15, -0.1) is 0 Å². The maximum atomic E-state index is 12.1. The predicted molar refractivity (Wildman–Crippen MR) is 167 cm³/mol. The van der Waals surface area contributed by atoms with Crippen LogP contribution >= 0.6 is 0 Å². The van der Waals surface area contributed by atoms with E-state index in [0.717, 1.165) is 77.0 Å². The lowest BCUT2D eigenvalue weighted by Crippen LogP contribution is -2.18. The van der Waals surface area contributed by atoms with Crippen molar-refractivity contribution in [3.63, 3.8) is 0 Å². The van der Waals surface area contributed by atoms with Gasteiger partial charge in [-0.1, -0.05) is 156 Å². The molecule has 0 bridgehead atoms. The zero-order valence-electron chi connectivity index (χ0n) is 26.7. The van der Waals surface area contributed by atoms with Crippen LogP contribution in [0.15, 0.2) is 0 Å². The number of hydrogen-bond donors (Lipinski definition) is 0. The molecule has 0 aliphatic carbocycles. The third-order valence-corrected chi connectivity index (χ3v) is 7.81. The molecule has 0 N–H and O–H groups in total. The van der Waals surface area contributed by atoms with Crippen LogP contribution in [0.2, 0.25) is 0 Å². The fraction of sp³-hybridized carbons (Fsp3) is 0.943. The van der Waals surface area contributed by atoms with Crippen molar-refractivity contribution in [1.29, 1.82) is 0 Å². The molecule has 1 unspecified atom stereocenters. The molecule has 0 amide bonds. The molecule has 0 heterocycles. The van der Waals surface area contributed by atoms with Crippen molar-refractivity contribution >= 4 is 11.9 Å². The molecular weight excluding hydrogens is 484 g/mol. The molecular formula is C35H68O4. The van der Waals surface area contributed by atoms with E-state index < -0.39 is 0 Å². The van der Waals surface area contributed by atoms with Crippen LogP contribution in [0.3, 0.4) is 0 Å². The van der Waals surface area contributed by atoms with Crippen molar-refractivity contribution in [2.24, 2.45) is 0 Å². The number of hydrogen-bond acceptors (Lipinski definition) is 4. The molecule has 232 valence electrons. The molecule has 0 aliphatic heterocycles. The Morgan fingerprint density at radius 1 is 0.436 bits per heavy atom. The van der Waals surface area contributed by atoms with E-state index in [1.54, 1.807) is 0 Å². The van der Waals surface area contributed by atoms with Crippen LogP contribution in [0.1, 0.15) is 201 Å². The van der Waals surface area contributed by atoms with Gasteiger partial charge in [-0.05, 0) is 32.1 Å². The topological polar surface area (TPSA) is 52.6 Å². The maximum Gasteiger partial charge on any atom is 0.306 e. The summed E-state index contributed by atoms with van der Waals surface area (Å²) in [5.74, 6) is -0.0609. The smallest absolute Gasteiger partial charge is 0.306 e. The van der Waals surface area contributed by atoms with Crippen LogP contribution in [0.5, 0.6) is 0 Å². The van der Waals surface area contributed by atoms with Gasteiger partial charge in [0.15, 0.2) is 0 Å². The fourth-order valence-electron chi connectivity index (χ4n) is 5.24. The number of carbonyl (C=O) groups excluding carboxylic acids is 2. The molecule has 0 aromatic rings. The first-order valence-electron chi connectivity index (χ1n) is 17.5. The van der Waals surface area contributed by atoms with Crippen molar-refractivity contribution in [3.05, 3.63) is 0 Å². The molecule has 1 atom stereocenters. The van der Waals surface area contributed by atoms with Crippen LogP contribution in [-0.4, -0.2) is 24.6 Å². The summed E-state index contributed by atoms with van der Waals surface area (Å²) < 4.78 is 11.1. The number of esters is 2. The Morgan fingerprint density at radius 3 is 1.31 bits per heavy atom. The van der Waals surface area contributed by atoms with Gasteiger partial charge >= 0.3 is 11.9 Å². The molecule has 0 spiro atoms. The average Bonchev–Trinajstić information content (AvgIpc) is 2.93. The van der Waals surface area contributed by atoms with Crippen molar-refractivity contribution in [3.8, 4) is 0 Å². The normalized spacial score (nSPS) is 12.0. The van der Waals surface area contributed by atoms with Crippen molar-refractivity contribution in [2.45, 2.75) is 207 Å². The van der Waals surface area contributed by atoms with E-state index in [-0.39, 0.29) is 18.0 Å². The lowest BCUT2D eigenvalue weighted by Gasteiger charge is -2.17. The second-order valence-corrected chi connectivity index (χ2v) is 11.8. The summed E-state index contributed by atoms with van der Waals surface area (Å²) >= 11 is 0. The van der Waals surface area contributed by atoms with Crippen LogP contribution in [0.4, 0.5) is 0 Å². The van der Waals surface area contributed by atoms with Gasteiger partial charge in [0.1, 0.15) is 6.10 Å². The third-order valence-electron chi connectivity index (χ3n) is 7.81. The SMILES string of the molecule is CCCCCCCCCCCCCCCCCOC(=O)CCCCCCCCC(=O)OC(CCC)CCCC. The van der Waals surface area contributed by atoms with E-state index in [1.807, 2.05) is 0 Å². The Balaban J connectivity index is 3.36. The van der Waals surface area contributed by atoms with Crippen LogP contribution in [0.25, 0.3) is 0 Å². The molecule has 0 aromatic carbocycles. The summed E-state index contributed by atoms with van der Waals surface area (Å²) in [5, 5.41) is 0. The van der Waals surface area contributed by atoms with Gasteiger partial charge in [0.2, 0.25) is 0 Å². The van der Waals surface area contributed by atoms with E-state index >= 15 is 0 Å². The second-order valence-electron chi connectivity index (χ2n) is 11.8. The molecule has 0 saturated heterocycles. The average molecular weight is 553 g/mol. The minimum atomic E-state index is -0.0344. The number of ether oxygens (including phenoxy) is 2. The van der Waals surface area contributed by atoms with Gasteiger partial charge in [0.05, 0.1) is 6.61 Å². The van der Waals surface area contributed by atoms with Gasteiger partial charge in [-0.3, -0.25) is 9.59 Å². The first kappa shape index (κ1) is 37.9. The number of carbonyl (C=O) groups is 2. The Bertz CT molecular complexity index is 519. The summed E-state index contributed by atoms with van der Waals surface area (Å²) in [7, 11) is 0. The summed E-state index contributed by atoms with van der Waals surface area (Å²) in [6.45, 7) is 7.19. The molecule has 0 saturated carbocycles. The molecule has 0 rings (SSSR count). The van der Waals surface area contributed by atoms with E-state index in [4.69, 9.17) is 9.47 Å². The Labute approximate surface area is 244 Å². The van der Waals surface area contributed by atoms with Crippen molar-refractivity contribution in [2.75, 3.05) is 6.61 Å². The second kappa shape index (κ2) is 31.5. The quantitative estimate of drug-likeness (QED) is 0.0634. The van der Waals surface area contributed by atoms with Crippen LogP contribution in [0, 0.1) is 0 Å². The minimum Gasteiger partial charge on any atom is -0.466 e. The van der Waals surface area contributed by atoms with Gasteiger partial charge in [0, 0.05) is 12.8 Å². The van der Waals surface area contributed by atoms with Crippen molar-refractivity contribution < 1.29 is 19.1 Å². The highest BCUT2D eigenvalue weighted by Crippen LogP contribution is 2.15. The molecule has 4 heteroatoms. The molecule has 39 heavy (non-hydrogen) atoms. The first-order valence-corrected chi connectivity index (χ1v) is 17.5. The maximum absolute atomic E-state index is 12.1. The monoisotopic (exact) mass is 553 g/mol. The summed E-state index contributed by atoms with van der Waals surface area (Å²) in [5.41, 5.74) is 0. The highest BCUT2D eigenvalue weighted by Gasteiger charge is 2.13. The van der Waals surface area contributed by atoms with E-state index in [2.05, 4.69) is 20.8 Å². The minimum absolute atomic E-state index is 0.0265. The molecule has 0 fully saturated rings. The van der Waals surface area contributed by atoms with E-state index in [9.17, 15) is 9.59 Å². The first-order chi connectivity index (χ1) is 19.1. The lowest BCUT2D eigenvalue weighted by atomic mass is 10.0. The fourth-order valence-corrected chi connectivity index (χ4v) is 5.24. The van der Waals surface area contributed by atoms with Crippen molar-refractivity contribution in [1.82, 2.24) is 0 Å². The number of rotatable bonds is 31. The Kier molecular flexibility index (Phi) is 30.6. The van der Waals surface area contributed by atoms with Gasteiger partial charge < -0.3 is 9.47 Å². The molecule has 0 radical (unpaired) electrons. The van der Waals surface area contributed by atoms with Gasteiger partial charge in [-0.25, -0.2) is 0 Å². The predicted octanol–water partition coefficient (Wildman–Crippen LogP) is 11.4. The molecule has 4 nitrogen and oxygen atoms in total. The summed E-state index contributed by atoms with van der Waals surface area (Å²) in [6.07, 6.45) is 32.9. The van der Waals surface area contributed by atoms with Gasteiger partial charge in [-0.2, -0.15) is 0 Å². The van der Waals surface area contributed by atoms with Crippen LogP contribution < -0.4 is 0 Å². The highest BCUT2D eigenvalue weighted by molar-refractivity contribution is 5.69. The van der Waals surface area contributed by atoms with Gasteiger partial charge in [0.25, 0.3) is 0 Å². The molecule has 0 aliphatic rings. The van der Waals surface area contributed by atoms with E-state index in [0.29, 0.717) is 19.4 Å². The summed E-state index contributed by atoms with van der Waals surface area (Å²) in [6, 6.07) is 0. The van der Waals surface area contributed by atoms with E-state index in [1.165, 1.54) is 89.9 Å². The zero-order chi connectivity index (χ0) is 28.7. The standard InChI is InChI=1S/C35H68O4/c1-4-7-9-10-11-12-13-14-15-16-17-18-21-24-27-32-38-34(36)30-25-22-19-20-23-26-31-35(37)39-33(28-6-3)29-8-5-2/h33H,4-32H2,1-3H3.